The lowest BCUT2D eigenvalue weighted by molar-refractivity contribution is -0.121. The van der Waals surface area contributed by atoms with Gasteiger partial charge in [-0.25, -0.2) is 16.8 Å². The van der Waals surface area contributed by atoms with Crippen LogP contribution in [0, 0.1) is 0 Å². The van der Waals surface area contributed by atoms with Crippen molar-refractivity contribution in [2.75, 3.05) is 24.6 Å². The third-order valence-electron chi connectivity index (χ3n) is 4.24. The maximum absolute atomic E-state index is 12.7. The fourth-order valence-electron chi connectivity index (χ4n) is 2.76. The van der Waals surface area contributed by atoms with E-state index in [0.717, 1.165) is 16.3 Å². The highest BCUT2D eigenvalue weighted by molar-refractivity contribution is 7.91. The van der Waals surface area contributed by atoms with Crippen molar-refractivity contribution in [2.45, 2.75) is 37.6 Å². The van der Waals surface area contributed by atoms with Gasteiger partial charge in [-0.15, -0.1) is 0 Å². The number of hydrogen-bond acceptors (Lipinski definition) is 5. The van der Waals surface area contributed by atoms with E-state index in [-0.39, 0.29) is 29.5 Å². The van der Waals surface area contributed by atoms with Crippen LogP contribution in [-0.2, 0) is 31.1 Å². The number of amides is 1. The lowest BCUT2D eigenvalue weighted by Gasteiger charge is -2.21. The molecule has 0 radical (unpaired) electrons. The van der Waals surface area contributed by atoms with E-state index in [4.69, 9.17) is 0 Å². The van der Waals surface area contributed by atoms with Crippen LogP contribution in [-0.4, -0.2) is 57.7 Å². The quantitative estimate of drug-likeness (QED) is 0.736. The molecule has 0 aliphatic carbocycles. The number of sulfone groups is 1. The van der Waals surface area contributed by atoms with Gasteiger partial charge < -0.3 is 5.32 Å². The molecule has 140 valence electrons. The predicted molar refractivity (Wildman–Crippen MR) is 95.5 cm³/mol. The molecular weight excluding hydrogens is 364 g/mol. The van der Waals surface area contributed by atoms with Crippen LogP contribution in [0.25, 0.3) is 0 Å². The molecule has 1 heterocycles. The number of benzene rings is 1. The van der Waals surface area contributed by atoms with Crippen molar-refractivity contribution in [1.29, 1.82) is 0 Å². The number of carbonyl (C=O) groups is 1. The zero-order valence-electron chi connectivity index (χ0n) is 14.4. The minimum atomic E-state index is -3.77. The molecule has 7 nitrogen and oxygen atoms in total. The first-order chi connectivity index (χ1) is 11.7. The standard InChI is InChI=1S/C16H24N2O5S2/c1-3-13-5-7-15(8-6-13)25(22,23)18(4-2)11-16(19)17-14-9-10-24(20,21)12-14/h5-8,14H,3-4,9-12H2,1-2H3,(H,17,19). The summed E-state index contributed by atoms with van der Waals surface area (Å²) in [7, 11) is -6.87. The van der Waals surface area contributed by atoms with Crippen LogP contribution >= 0.6 is 0 Å². The largest absolute Gasteiger partial charge is 0.351 e. The molecule has 1 N–H and O–H groups in total. The highest BCUT2D eigenvalue weighted by Crippen LogP contribution is 2.17. The Morgan fingerprint density at radius 1 is 1.24 bits per heavy atom. The van der Waals surface area contributed by atoms with E-state index in [1.807, 2.05) is 6.92 Å². The Morgan fingerprint density at radius 2 is 1.88 bits per heavy atom. The van der Waals surface area contributed by atoms with Crippen molar-refractivity contribution < 1.29 is 21.6 Å². The first kappa shape index (κ1) is 19.9. The highest BCUT2D eigenvalue weighted by atomic mass is 32.2. The number of hydrogen-bond donors (Lipinski definition) is 1. The lowest BCUT2D eigenvalue weighted by atomic mass is 10.2. The fourth-order valence-corrected chi connectivity index (χ4v) is 5.83. The average Bonchev–Trinajstić information content (AvgIpc) is 2.91. The van der Waals surface area contributed by atoms with Crippen LogP contribution in [0.1, 0.15) is 25.8 Å². The summed E-state index contributed by atoms with van der Waals surface area (Å²) in [6.07, 6.45) is 1.18. The topological polar surface area (TPSA) is 101 Å². The second-order valence-corrected chi connectivity index (χ2v) is 10.3. The van der Waals surface area contributed by atoms with Gasteiger partial charge in [0.05, 0.1) is 22.9 Å². The van der Waals surface area contributed by atoms with Gasteiger partial charge in [0, 0.05) is 12.6 Å². The smallest absolute Gasteiger partial charge is 0.243 e. The Morgan fingerprint density at radius 3 is 2.36 bits per heavy atom. The summed E-state index contributed by atoms with van der Waals surface area (Å²) >= 11 is 0. The Kier molecular flexibility index (Phi) is 6.23. The zero-order chi connectivity index (χ0) is 18.7. The van der Waals surface area contributed by atoms with Crippen molar-refractivity contribution in [2.24, 2.45) is 0 Å². The molecule has 25 heavy (non-hydrogen) atoms. The summed E-state index contributed by atoms with van der Waals surface area (Å²) < 4.78 is 49.3. The van der Waals surface area contributed by atoms with Crippen molar-refractivity contribution in [3.05, 3.63) is 29.8 Å². The number of sulfonamides is 1. The molecule has 1 aromatic carbocycles. The molecule has 0 spiro atoms. The van der Waals surface area contributed by atoms with Crippen molar-refractivity contribution >= 4 is 25.8 Å². The van der Waals surface area contributed by atoms with E-state index in [1.165, 1.54) is 12.1 Å². The number of nitrogens with one attached hydrogen (secondary N) is 1. The molecule has 1 aliphatic rings. The van der Waals surface area contributed by atoms with Crippen LogP contribution in [0.15, 0.2) is 29.2 Å². The van der Waals surface area contributed by atoms with Gasteiger partial charge in [0.2, 0.25) is 15.9 Å². The van der Waals surface area contributed by atoms with Crippen molar-refractivity contribution in [1.82, 2.24) is 9.62 Å². The number of rotatable bonds is 7. The van der Waals surface area contributed by atoms with Gasteiger partial charge >= 0.3 is 0 Å². The number of nitrogens with zero attached hydrogens (tertiary/aromatic N) is 1. The Balaban J connectivity index is 2.06. The van der Waals surface area contributed by atoms with Crippen LogP contribution in [0.4, 0.5) is 0 Å². The van der Waals surface area contributed by atoms with Gasteiger partial charge in [0.15, 0.2) is 9.84 Å². The van der Waals surface area contributed by atoms with Crippen LogP contribution in [0.2, 0.25) is 0 Å². The van der Waals surface area contributed by atoms with Crippen molar-refractivity contribution in [3.8, 4) is 0 Å². The van der Waals surface area contributed by atoms with Gasteiger partial charge in [-0.05, 0) is 30.5 Å². The van der Waals surface area contributed by atoms with Crippen molar-refractivity contribution in [3.63, 3.8) is 0 Å². The molecule has 1 unspecified atom stereocenters. The van der Waals surface area contributed by atoms with Gasteiger partial charge in [0.25, 0.3) is 0 Å². The molecule has 0 aromatic heterocycles. The zero-order valence-corrected chi connectivity index (χ0v) is 16.1. The number of carbonyl (C=O) groups excluding carboxylic acids is 1. The molecule has 1 saturated heterocycles. The molecule has 1 atom stereocenters. The monoisotopic (exact) mass is 388 g/mol. The third-order valence-corrected chi connectivity index (χ3v) is 7.94. The van der Waals surface area contributed by atoms with E-state index in [0.29, 0.717) is 6.42 Å². The van der Waals surface area contributed by atoms with E-state index in [2.05, 4.69) is 5.32 Å². The summed E-state index contributed by atoms with van der Waals surface area (Å²) in [5, 5.41) is 2.62. The highest BCUT2D eigenvalue weighted by Gasteiger charge is 2.31. The molecule has 1 aromatic rings. The molecule has 0 bridgehead atoms. The molecule has 1 fully saturated rings. The Hall–Kier alpha value is -1.45. The van der Waals surface area contributed by atoms with Crippen LogP contribution < -0.4 is 5.32 Å². The van der Waals surface area contributed by atoms with E-state index < -0.39 is 31.8 Å². The normalized spacial score (nSPS) is 19.9. The minimum Gasteiger partial charge on any atom is -0.351 e. The number of likely N-dealkylation sites (N-methyl/N-ethyl adjacent to an activating group) is 1. The first-order valence-electron chi connectivity index (χ1n) is 8.27. The second kappa shape index (κ2) is 7.84. The SMILES string of the molecule is CCc1ccc(S(=O)(=O)N(CC)CC(=O)NC2CCS(=O)(=O)C2)cc1. The molecule has 1 aliphatic heterocycles. The maximum atomic E-state index is 12.7. The lowest BCUT2D eigenvalue weighted by Crippen LogP contribution is -2.44. The molecular formula is C16H24N2O5S2. The summed E-state index contributed by atoms with van der Waals surface area (Å²) in [6.45, 7) is 3.46. The number of aryl methyl sites for hydroxylation is 1. The van der Waals surface area contributed by atoms with Gasteiger partial charge in [-0.1, -0.05) is 26.0 Å². The Bertz CT molecular complexity index is 817. The van der Waals surface area contributed by atoms with Crippen LogP contribution in [0.5, 0.6) is 0 Å². The molecule has 2 rings (SSSR count). The minimum absolute atomic E-state index is 0.0531. The van der Waals surface area contributed by atoms with E-state index in [9.17, 15) is 21.6 Å². The molecule has 0 saturated carbocycles. The predicted octanol–water partition coefficient (Wildman–Crippen LogP) is 0.563. The molecule has 1 amide bonds. The summed E-state index contributed by atoms with van der Waals surface area (Å²) in [6, 6.07) is 6.15. The fraction of sp³-hybridized carbons (Fsp3) is 0.562. The molecule has 9 heteroatoms. The summed E-state index contributed by atoms with van der Waals surface area (Å²) in [5.74, 6) is -0.522. The first-order valence-corrected chi connectivity index (χ1v) is 11.5. The van der Waals surface area contributed by atoms with E-state index in [1.54, 1.807) is 19.1 Å². The van der Waals surface area contributed by atoms with Gasteiger partial charge in [-0.3, -0.25) is 4.79 Å². The average molecular weight is 389 g/mol. The van der Waals surface area contributed by atoms with Crippen LogP contribution in [0.3, 0.4) is 0 Å². The third kappa shape index (κ3) is 5.02. The Labute approximate surface area is 149 Å². The summed E-state index contributed by atoms with van der Waals surface area (Å²) in [5.41, 5.74) is 1.03. The van der Waals surface area contributed by atoms with Gasteiger partial charge in [-0.2, -0.15) is 4.31 Å². The maximum Gasteiger partial charge on any atom is 0.243 e. The summed E-state index contributed by atoms with van der Waals surface area (Å²) in [4.78, 5) is 12.3. The van der Waals surface area contributed by atoms with Gasteiger partial charge in [0.1, 0.15) is 0 Å². The second-order valence-electron chi connectivity index (χ2n) is 6.10. The van der Waals surface area contributed by atoms with E-state index >= 15 is 0 Å².